The van der Waals surface area contributed by atoms with Gasteiger partial charge in [0.25, 0.3) is 11.8 Å². The van der Waals surface area contributed by atoms with Gasteiger partial charge in [-0.2, -0.15) is 0 Å². The molecule has 238 valence electrons. The molecule has 6 rings (SSSR count). The van der Waals surface area contributed by atoms with Crippen molar-refractivity contribution < 1.29 is 23.9 Å². The summed E-state index contributed by atoms with van der Waals surface area (Å²) >= 11 is 6.08. The van der Waals surface area contributed by atoms with Crippen LogP contribution in [0.4, 0.5) is 5.69 Å². The Morgan fingerprint density at radius 1 is 0.848 bits per heavy atom. The highest BCUT2D eigenvalue weighted by molar-refractivity contribution is 6.30. The number of phenolic OH excluding ortho intramolecular Hbond substituents is 1. The Hall–Kier alpha value is -4.83. The number of nitrogens with one attached hydrogen (secondary N) is 1. The maximum Gasteiger partial charge on any atom is 0.287 e. The van der Waals surface area contributed by atoms with Crippen LogP contribution in [0.1, 0.15) is 45.7 Å². The van der Waals surface area contributed by atoms with E-state index in [1.54, 1.807) is 29.2 Å². The van der Waals surface area contributed by atoms with Crippen LogP contribution in [0.3, 0.4) is 0 Å². The minimum atomic E-state index is -0.950. The van der Waals surface area contributed by atoms with Crippen molar-refractivity contribution in [3.63, 3.8) is 0 Å². The third kappa shape index (κ3) is 6.87. The van der Waals surface area contributed by atoms with E-state index in [9.17, 15) is 24.3 Å². The van der Waals surface area contributed by atoms with Crippen LogP contribution in [0, 0.1) is 0 Å². The monoisotopic (exact) mass is 642 g/mol. The molecule has 0 aliphatic carbocycles. The summed E-state index contributed by atoms with van der Waals surface area (Å²) in [5, 5.41) is 13.2. The number of rotatable bonds is 7. The molecule has 4 aromatic rings. The van der Waals surface area contributed by atoms with Crippen LogP contribution in [-0.4, -0.2) is 77.9 Å². The van der Waals surface area contributed by atoms with Crippen LogP contribution in [0.2, 0.25) is 5.02 Å². The zero-order valence-corrected chi connectivity index (χ0v) is 26.0. The van der Waals surface area contributed by atoms with Gasteiger partial charge in [-0.05, 0) is 67.3 Å². The number of fused-ring (bicyclic) bond motifs is 1. The molecule has 0 bridgehead atoms. The number of phenols is 1. The molecule has 3 amide bonds. The number of piperidine rings is 1. The Morgan fingerprint density at radius 2 is 1.57 bits per heavy atom. The highest BCUT2D eigenvalue weighted by Gasteiger charge is 2.31. The van der Waals surface area contributed by atoms with Gasteiger partial charge in [-0.25, -0.2) is 0 Å². The minimum Gasteiger partial charge on any atom is -0.508 e. The van der Waals surface area contributed by atoms with E-state index in [2.05, 4.69) is 10.2 Å². The molecule has 1 atom stereocenters. The summed E-state index contributed by atoms with van der Waals surface area (Å²) in [4.78, 5) is 59.2. The van der Waals surface area contributed by atoms with Gasteiger partial charge in [0.1, 0.15) is 17.4 Å². The Kier molecular flexibility index (Phi) is 9.25. The molecule has 0 spiro atoms. The summed E-state index contributed by atoms with van der Waals surface area (Å²) < 4.78 is 5.69. The standard InChI is InChI=1S/C35H35ClN4O6/c36-24-10-8-23(9-11-24)20-28(37-33(43)32-22-30(42)27-21-25(41)12-13-31(27)46-32)35(45)40-18-16-38(17-19-40)29-7-3-2-6-26(29)34(44)39-14-4-1-5-15-39/h2-3,6-13,21-22,28,41H,1,4-5,14-20H2,(H,37,43)/t28-/m1/s1. The van der Waals surface area contributed by atoms with Gasteiger partial charge in [-0.3, -0.25) is 19.2 Å². The molecule has 2 saturated heterocycles. The van der Waals surface area contributed by atoms with Gasteiger partial charge in [0.2, 0.25) is 5.91 Å². The van der Waals surface area contributed by atoms with Gasteiger partial charge in [0, 0.05) is 62.5 Å². The van der Waals surface area contributed by atoms with Crippen LogP contribution in [0.5, 0.6) is 5.75 Å². The highest BCUT2D eigenvalue weighted by atomic mass is 35.5. The van der Waals surface area contributed by atoms with Gasteiger partial charge in [0.15, 0.2) is 11.2 Å². The zero-order chi connectivity index (χ0) is 32.2. The van der Waals surface area contributed by atoms with Gasteiger partial charge in [0.05, 0.1) is 10.9 Å². The summed E-state index contributed by atoms with van der Waals surface area (Å²) in [6.45, 7) is 3.36. The van der Waals surface area contributed by atoms with Crippen LogP contribution < -0.4 is 15.6 Å². The zero-order valence-electron chi connectivity index (χ0n) is 25.3. The SMILES string of the molecule is O=C(N[C@H](Cc1ccc(Cl)cc1)C(=O)N1CCN(c2ccccc2C(=O)N2CCCCC2)CC1)c1cc(=O)c2cc(O)ccc2o1. The van der Waals surface area contributed by atoms with Crippen LogP contribution >= 0.6 is 11.6 Å². The fourth-order valence-corrected chi connectivity index (χ4v) is 6.25. The third-order valence-corrected chi connectivity index (χ3v) is 8.85. The predicted octanol–water partition coefficient (Wildman–Crippen LogP) is 4.47. The van der Waals surface area contributed by atoms with Crippen LogP contribution in [0.25, 0.3) is 11.0 Å². The Balaban J connectivity index is 1.19. The number of nitrogens with zero attached hydrogens (tertiary/aromatic N) is 3. The lowest BCUT2D eigenvalue weighted by Crippen LogP contribution is -2.56. The predicted molar refractivity (Wildman–Crippen MR) is 176 cm³/mol. The molecule has 2 fully saturated rings. The number of likely N-dealkylation sites (tertiary alicyclic amines) is 1. The summed E-state index contributed by atoms with van der Waals surface area (Å²) in [5.74, 6) is -1.27. The van der Waals surface area contributed by atoms with Crippen molar-refractivity contribution in [2.75, 3.05) is 44.2 Å². The number of para-hydroxylation sites is 1. The average molecular weight is 643 g/mol. The normalized spacial score (nSPS) is 15.9. The lowest BCUT2D eigenvalue weighted by Gasteiger charge is -2.38. The second kappa shape index (κ2) is 13.7. The molecular formula is C35H35ClN4O6. The Bertz CT molecular complexity index is 1810. The third-order valence-electron chi connectivity index (χ3n) is 8.60. The number of piperazine rings is 1. The number of benzene rings is 3. The smallest absolute Gasteiger partial charge is 0.287 e. The molecule has 0 saturated carbocycles. The van der Waals surface area contributed by atoms with Crippen molar-refractivity contribution >= 4 is 46.0 Å². The first-order valence-corrected chi connectivity index (χ1v) is 15.9. The Labute approximate surface area is 271 Å². The summed E-state index contributed by atoms with van der Waals surface area (Å²) in [7, 11) is 0. The molecule has 11 heteroatoms. The second-order valence-electron chi connectivity index (χ2n) is 11.7. The lowest BCUT2D eigenvalue weighted by molar-refractivity contribution is -0.133. The van der Waals surface area contributed by atoms with E-state index in [1.807, 2.05) is 29.2 Å². The molecule has 46 heavy (non-hydrogen) atoms. The maximum absolute atomic E-state index is 14.0. The fraction of sp³-hybridized carbons (Fsp3) is 0.314. The average Bonchev–Trinajstić information content (AvgIpc) is 3.09. The van der Waals surface area contributed by atoms with E-state index in [0.29, 0.717) is 36.8 Å². The number of aromatic hydroxyl groups is 1. The molecule has 0 radical (unpaired) electrons. The number of amides is 3. The number of hydrogen-bond donors (Lipinski definition) is 2. The van der Waals surface area contributed by atoms with E-state index in [4.69, 9.17) is 16.0 Å². The van der Waals surface area contributed by atoms with E-state index < -0.39 is 17.4 Å². The number of carbonyl (C=O) groups is 3. The van der Waals surface area contributed by atoms with Gasteiger partial charge in [-0.15, -0.1) is 0 Å². The Morgan fingerprint density at radius 3 is 2.30 bits per heavy atom. The summed E-state index contributed by atoms with van der Waals surface area (Å²) in [6, 6.07) is 18.8. The molecule has 10 nitrogen and oxygen atoms in total. The van der Waals surface area contributed by atoms with Crippen molar-refractivity contribution in [1.82, 2.24) is 15.1 Å². The van der Waals surface area contributed by atoms with Gasteiger partial charge >= 0.3 is 0 Å². The second-order valence-corrected chi connectivity index (χ2v) is 12.1. The van der Waals surface area contributed by atoms with E-state index in [-0.39, 0.29) is 40.7 Å². The highest BCUT2D eigenvalue weighted by Crippen LogP contribution is 2.25. The maximum atomic E-state index is 14.0. The van der Waals surface area contributed by atoms with Crippen molar-refractivity contribution in [3.8, 4) is 5.75 Å². The van der Waals surface area contributed by atoms with Crippen LogP contribution in [-0.2, 0) is 11.2 Å². The molecule has 2 aliphatic rings. The number of halogens is 1. The van der Waals surface area contributed by atoms with Crippen molar-refractivity contribution in [2.45, 2.75) is 31.7 Å². The number of hydrogen-bond acceptors (Lipinski definition) is 7. The van der Waals surface area contributed by atoms with Crippen molar-refractivity contribution in [1.29, 1.82) is 0 Å². The largest absolute Gasteiger partial charge is 0.508 e. The van der Waals surface area contributed by atoms with E-state index in [1.165, 1.54) is 18.2 Å². The summed E-state index contributed by atoms with van der Waals surface area (Å²) in [5.41, 5.74) is 1.98. The van der Waals surface area contributed by atoms with Crippen molar-refractivity contribution in [3.05, 3.63) is 105 Å². The molecule has 0 unspecified atom stereocenters. The molecule has 1 aromatic heterocycles. The quantitative estimate of drug-likeness (QED) is 0.305. The molecule has 2 aliphatic heterocycles. The summed E-state index contributed by atoms with van der Waals surface area (Å²) in [6.07, 6.45) is 3.36. The first-order chi connectivity index (χ1) is 22.3. The molecule has 2 N–H and O–H groups in total. The van der Waals surface area contributed by atoms with E-state index in [0.717, 1.165) is 49.7 Å². The molecule has 3 heterocycles. The van der Waals surface area contributed by atoms with Gasteiger partial charge in [-0.1, -0.05) is 35.9 Å². The number of anilines is 1. The number of carbonyl (C=O) groups excluding carboxylic acids is 3. The lowest BCUT2D eigenvalue weighted by atomic mass is 10.0. The van der Waals surface area contributed by atoms with Crippen LogP contribution in [0.15, 0.2) is 82.0 Å². The first kappa shape index (κ1) is 31.2. The van der Waals surface area contributed by atoms with Crippen molar-refractivity contribution in [2.24, 2.45) is 0 Å². The van der Waals surface area contributed by atoms with E-state index >= 15 is 0 Å². The van der Waals surface area contributed by atoms with Gasteiger partial charge < -0.3 is 29.5 Å². The fourth-order valence-electron chi connectivity index (χ4n) is 6.13. The molecular weight excluding hydrogens is 608 g/mol. The molecule has 3 aromatic carbocycles. The topological polar surface area (TPSA) is 123 Å². The first-order valence-electron chi connectivity index (χ1n) is 15.5. The minimum absolute atomic E-state index is 0.0386.